The number of nitrogens with zero attached hydrogens (tertiary/aromatic N) is 2. The minimum atomic E-state index is -0.334. The molecule has 0 fully saturated rings. The molecule has 0 amide bonds. The smallest absolute Gasteiger partial charge is 0.162 e. The van der Waals surface area contributed by atoms with Gasteiger partial charge in [-0.05, 0) is 47.7 Å². The molecule has 0 N–H and O–H groups in total. The molecule has 0 unspecified atom stereocenters. The van der Waals surface area contributed by atoms with Gasteiger partial charge in [0, 0.05) is 10.0 Å². The van der Waals surface area contributed by atoms with Gasteiger partial charge in [-0.1, -0.05) is 27.5 Å². The molecule has 0 bridgehead atoms. The van der Waals surface area contributed by atoms with E-state index in [1.165, 1.54) is 12.1 Å². The molecular weight excluding hydrogens is 421 g/mol. The lowest BCUT2D eigenvalue weighted by molar-refractivity contribution is 0.628. The van der Waals surface area contributed by atoms with Crippen LogP contribution >= 0.6 is 50.1 Å². The molecule has 6 heteroatoms. The number of hydrogen-bond donors (Lipinski definition) is 0. The lowest BCUT2D eigenvalue weighted by Gasteiger charge is -2.06. The lowest BCUT2D eigenvalue weighted by atomic mass is 10.2. The molecule has 0 saturated heterocycles. The Balaban J connectivity index is 2.64. The Hall–Kier alpha value is -0.270. The molecule has 1 aromatic heterocycles. The molecule has 88 valence electrons. The van der Waals surface area contributed by atoms with Gasteiger partial charge in [-0.15, -0.1) is 0 Å². The van der Waals surface area contributed by atoms with Crippen molar-refractivity contribution in [1.82, 2.24) is 9.97 Å². The number of halogens is 4. The summed E-state index contributed by atoms with van der Waals surface area (Å²) in [5.41, 5.74) is 1.36. The van der Waals surface area contributed by atoms with Crippen LogP contribution in [0.25, 0.3) is 11.4 Å². The lowest BCUT2D eigenvalue weighted by Crippen LogP contribution is -1.97. The molecule has 1 heterocycles. The fourth-order valence-electron chi connectivity index (χ4n) is 1.31. The van der Waals surface area contributed by atoms with E-state index in [4.69, 9.17) is 11.6 Å². The Labute approximate surface area is 125 Å². The first-order valence-corrected chi connectivity index (χ1v) is 6.89. The van der Waals surface area contributed by atoms with Gasteiger partial charge in [-0.25, -0.2) is 14.4 Å². The third-order valence-electron chi connectivity index (χ3n) is 2.15. The maximum atomic E-state index is 13.2. The fraction of sp³-hybridized carbons (Fsp3) is 0.0909. The van der Waals surface area contributed by atoms with Crippen LogP contribution in [0, 0.1) is 16.3 Å². The summed E-state index contributed by atoms with van der Waals surface area (Å²) in [6, 6.07) is 4.37. The average molecular weight is 427 g/mol. The first-order chi connectivity index (χ1) is 7.99. The van der Waals surface area contributed by atoms with Gasteiger partial charge in [0.15, 0.2) is 5.82 Å². The molecule has 0 aliphatic heterocycles. The van der Waals surface area contributed by atoms with E-state index in [9.17, 15) is 4.39 Å². The summed E-state index contributed by atoms with van der Waals surface area (Å²) in [6.45, 7) is 1.84. The molecule has 0 atom stereocenters. The molecule has 0 saturated carbocycles. The van der Waals surface area contributed by atoms with Gasteiger partial charge in [0.25, 0.3) is 0 Å². The normalized spacial score (nSPS) is 10.6. The van der Waals surface area contributed by atoms with Crippen LogP contribution < -0.4 is 0 Å². The number of aryl methyl sites for hydroxylation is 1. The Morgan fingerprint density at radius 1 is 1.35 bits per heavy atom. The second-order valence-electron chi connectivity index (χ2n) is 3.36. The molecule has 0 spiro atoms. The molecular formula is C11H6BrClFIN2. The highest BCUT2D eigenvalue weighted by molar-refractivity contribution is 14.1. The van der Waals surface area contributed by atoms with Crippen molar-refractivity contribution >= 4 is 50.1 Å². The second kappa shape index (κ2) is 5.16. The molecule has 2 aromatic rings. The Morgan fingerprint density at radius 2 is 2.06 bits per heavy atom. The number of hydrogen-bond acceptors (Lipinski definition) is 2. The maximum absolute atomic E-state index is 13.2. The monoisotopic (exact) mass is 426 g/mol. The first kappa shape index (κ1) is 13.2. The zero-order valence-corrected chi connectivity index (χ0v) is 13.1. The Morgan fingerprint density at radius 3 is 2.71 bits per heavy atom. The molecule has 17 heavy (non-hydrogen) atoms. The molecule has 0 aliphatic carbocycles. The highest BCUT2D eigenvalue weighted by Gasteiger charge is 2.12. The van der Waals surface area contributed by atoms with Gasteiger partial charge >= 0.3 is 0 Å². The molecule has 0 aliphatic rings. The van der Waals surface area contributed by atoms with E-state index in [1.54, 1.807) is 6.07 Å². The minimum absolute atomic E-state index is 0.334. The number of rotatable bonds is 1. The zero-order valence-electron chi connectivity index (χ0n) is 8.64. The summed E-state index contributed by atoms with van der Waals surface area (Å²) in [6.07, 6.45) is 0. The summed E-state index contributed by atoms with van der Waals surface area (Å²) in [4.78, 5) is 8.46. The minimum Gasteiger partial charge on any atom is -0.232 e. The predicted octanol–water partition coefficient (Wildman–Crippen LogP) is 4.61. The van der Waals surface area contributed by atoms with Crippen molar-refractivity contribution in [2.75, 3.05) is 0 Å². The van der Waals surface area contributed by atoms with E-state index < -0.39 is 0 Å². The van der Waals surface area contributed by atoms with E-state index >= 15 is 0 Å². The quantitative estimate of drug-likeness (QED) is 0.491. The highest BCUT2D eigenvalue weighted by atomic mass is 127. The Bertz CT molecular complexity index is 569. The molecule has 2 rings (SSSR count). The molecule has 0 radical (unpaired) electrons. The van der Waals surface area contributed by atoms with Crippen molar-refractivity contribution in [1.29, 1.82) is 0 Å². The van der Waals surface area contributed by atoms with Crippen LogP contribution in [0.3, 0.4) is 0 Å². The third kappa shape index (κ3) is 2.77. The average Bonchev–Trinajstić information content (AvgIpc) is 2.28. The van der Waals surface area contributed by atoms with Crippen LogP contribution in [0.4, 0.5) is 4.39 Å². The van der Waals surface area contributed by atoms with Crippen molar-refractivity contribution in [2.24, 2.45) is 0 Å². The first-order valence-electron chi connectivity index (χ1n) is 4.64. The van der Waals surface area contributed by atoms with E-state index in [2.05, 4.69) is 48.5 Å². The van der Waals surface area contributed by atoms with Gasteiger partial charge in [0.2, 0.25) is 0 Å². The van der Waals surface area contributed by atoms with Crippen LogP contribution in [-0.2, 0) is 0 Å². The largest absolute Gasteiger partial charge is 0.232 e. The van der Waals surface area contributed by atoms with E-state index in [0.717, 1.165) is 13.7 Å². The number of aromatic nitrogens is 2. The summed E-state index contributed by atoms with van der Waals surface area (Å²) in [5, 5.41) is 0.379. The number of benzene rings is 1. The Kier molecular flexibility index (Phi) is 3.99. The van der Waals surface area contributed by atoms with E-state index in [0.29, 0.717) is 16.5 Å². The van der Waals surface area contributed by atoms with E-state index in [-0.39, 0.29) is 5.82 Å². The summed E-state index contributed by atoms with van der Waals surface area (Å²) in [7, 11) is 0. The zero-order chi connectivity index (χ0) is 12.6. The van der Waals surface area contributed by atoms with Crippen LogP contribution in [0.15, 0.2) is 22.7 Å². The highest BCUT2D eigenvalue weighted by Crippen LogP contribution is 2.29. The van der Waals surface area contributed by atoms with Crippen molar-refractivity contribution in [2.45, 2.75) is 6.92 Å². The molecule has 2 nitrogen and oxygen atoms in total. The molecule has 1 aromatic carbocycles. The van der Waals surface area contributed by atoms with Crippen LogP contribution in [0.5, 0.6) is 0 Å². The van der Waals surface area contributed by atoms with Crippen molar-refractivity contribution in [3.05, 3.63) is 42.9 Å². The van der Waals surface area contributed by atoms with Gasteiger partial charge < -0.3 is 0 Å². The second-order valence-corrected chi connectivity index (χ2v) is 5.65. The van der Waals surface area contributed by atoms with Crippen molar-refractivity contribution in [3.63, 3.8) is 0 Å². The maximum Gasteiger partial charge on any atom is 0.162 e. The predicted molar refractivity (Wildman–Crippen MR) is 77.6 cm³/mol. The van der Waals surface area contributed by atoms with Gasteiger partial charge in [-0.3, -0.25) is 0 Å². The van der Waals surface area contributed by atoms with E-state index in [1.807, 2.05) is 6.92 Å². The van der Waals surface area contributed by atoms with Crippen LogP contribution in [-0.4, -0.2) is 9.97 Å². The standard InChI is InChI=1S/C11H6BrClFIN2/c1-5-9(15)10(13)17-11(16-5)7-4-6(14)2-3-8(7)12/h2-4H,1H3. The van der Waals surface area contributed by atoms with Crippen LogP contribution in [0.1, 0.15) is 5.69 Å². The third-order valence-corrected chi connectivity index (χ3v) is 4.72. The summed E-state index contributed by atoms with van der Waals surface area (Å²) >= 11 is 11.4. The van der Waals surface area contributed by atoms with Crippen molar-refractivity contribution in [3.8, 4) is 11.4 Å². The summed E-state index contributed by atoms with van der Waals surface area (Å²) in [5.74, 6) is 0.0819. The topological polar surface area (TPSA) is 25.8 Å². The summed E-state index contributed by atoms with van der Waals surface area (Å²) < 4.78 is 14.7. The van der Waals surface area contributed by atoms with Gasteiger partial charge in [0.1, 0.15) is 11.0 Å². The fourth-order valence-corrected chi connectivity index (χ4v) is 2.20. The van der Waals surface area contributed by atoms with Gasteiger partial charge in [0.05, 0.1) is 9.26 Å². The SMILES string of the molecule is Cc1nc(-c2cc(F)ccc2Br)nc(Cl)c1I. The van der Waals surface area contributed by atoms with Crippen molar-refractivity contribution < 1.29 is 4.39 Å². The van der Waals surface area contributed by atoms with Gasteiger partial charge in [-0.2, -0.15) is 0 Å². The van der Waals surface area contributed by atoms with Crippen LogP contribution in [0.2, 0.25) is 5.15 Å².